The quantitative estimate of drug-likeness (QED) is 0.542. The number of pyridine rings is 1. The van der Waals surface area contributed by atoms with E-state index in [4.69, 9.17) is 9.72 Å². The lowest BCUT2D eigenvalue weighted by Gasteiger charge is -2.21. The summed E-state index contributed by atoms with van der Waals surface area (Å²) in [6.07, 6.45) is 0.655. The number of anilines is 1. The fourth-order valence-corrected chi connectivity index (χ4v) is 3.28. The second-order valence-corrected chi connectivity index (χ2v) is 8.28. The van der Waals surface area contributed by atoms with Crippen molar-refractivity contribution < 1.29 is 9.53 Å². The van der Waals surface area contributed by atoms with E-state index >= 15 is 0 Å². The van der Waals surface area contributed by atoms with E-state index in [0.29, 0.717) is 24.5 Å². The Labute approximate surface area is 173 Å². The Hall–Kier alpha value is -3.14. The van der Waals surface area contributed by atoms with Gasteiger partial charge in [0.05, 0.1) is 11.4 Å². The molecule has 3 aromatic rings. The maximum atomic E-state index is 11.1. The fourth-order valence-electron chi connectivity index (χ4n) is 3.28. The standard InChI is InChI=1S/C25H28N2O2/c1-17-13-20(25(3,4)5)11-12-21(17)22-14-23(24(26-16-28)18(2)27-22)29-15-19-9-7-6-8-10-19/h6-14,16H,15H2,1-5H3,(H,26,28). The van der Waals surface area contributed by atoms with Crippen molar-refractivity contribution in [3.63, 3.8) is 0 Å². The molecule has 1 amide bonds. The third-order valence-electron chi connectivity index (χ3n) is 4.97. The van der Waals surface area contributed by atoms with Gasteiger partial charge in [-0.25, -0.2) is 0 Å². The van der Waals surface area contributed by atoms with E-state index in [1.165, 1.54) is 5.56 Å². The Morgan fingerprint density at radius 2 is 1.76 bits per heavy atom. The largest absolute Gasteiger partial charge is 0.487 e. The highest BCUT2D eigenvalue weighted by molar-refractivity contribution is 5.79. The number of ether oxygens (including phenoxy) is 1. The van der Waals surface area contributed by atoms with Crippen LogP contribution in [0.4, 0.5) is 5.69 Å². The third-order valence-corrected chi connectivity index (χ3v) is 4.97. The minimum absolute atomic E-state index is 0.0916. The number of aromatic nitrogens is 1. The van der Waals surface area contributed by atoms with Gasteiger partial charge in [0.1, 0.15) is 18.0 Å². The van der Waals surface area contributed by atoms with E-state index in [1.54, 1.807) is 0 Å². The first-order chi connectivity index (χ1) is 13.8. The second kappa shape index (κ2) is 8.48. The van der Waals surface area contributed by atoms with Crippen molar-refractivity contribution in [2.75, 3.05) is 5.32 Å². The molecule has 4 nitrogen and oxygen atoms in total. The summed E-state index contributed by atoms with van der Waals surface area (Å²) < 4.78 is 6.08. The average molecular weight is 389 g/mol. The van der Waals surface area contributed by atoms with Crippen LogP contribution in [-0.4, -0.2) is 11.4 Å². The monoisotopic (exact) mass is 388 g/mol. The molecular formula is C25H28N2O2. The van der Waals surface area contributed by atoms with E-state index in [0.717, 1.165) is 28.1 Å². The molecule has 0 atom stereocenters. The highest BCUT2D eigenvalue weighted by atomic mass is 16.5. The molecule has 0 saturated heterocycles. The van der Waals surface area contributed by atoms with Gasteiger partial charge < -0.3 is 10.1 Å². The van der Waals surface area contributed by atoms with Gasteiger partial charge in [0.2, 0.25) is 6.41 Å². The summed E-state index contributed by atoms with van der Waals surface area (Å²) in [5.74, 6) is 0.614. The van der Waals surface area contributed by atoms with Crippen molar-refractivity contribution in [3.05, 3.63) is 77.0 Å². The molecule has 0 radical (unpaired) electrons. The molecule has 1 heterocycles. The van der Waals surface area contributed by atoms with Gasteiger partial charge in [-0.1, -0.05) is 69.3 Å². The maximum absolute atomic E-state index is 11.1. The van der Waals surface area contributed by atoms with Crippen LogP contribution in [0.5, 0.6) is 5.75 Å². The van der Waals surface area contributed by atoms with Gasteiger partial charge >= 0.3 is 0 Å². The van der Waals surface area contributed by atoms with Crippen LogP contribution in [0.3, 0.4) is 0 Å². The van der Waals surface area contributed by atoms with Crippen LogP contribution in [0.15, 0.2) is 54.6 Å². The zero-order valence-corrected chi connectivity index (χ0v) is 17.7. The molecule has 0 aliphatic rings. The summed E-state index contributed by atoms with van der Waals surface area (Å²) in [5.41, 5.74) is 6.81. The van der Waals surface area contributed by atoms with Crippen molar-refractivity contribution in [1.29, 1.82) is 0 Å². The van der Waals surface area contributed by atoms with Crippen LogP contribution in [-0.2, 0) is 16.8 Å². The Bertz CT molecular complexity index is 1010. The molecule has 2 aromatic carbocycles. The van der Waals surface area contributed by atoms with Gasteiger partial charge in [-0.05, 0) is 36.0 Å². The van der Waals surface area contributed by atoms with Gasteiger partial charge in [-0.2, -0.15) is 0 Å². The molecule has 0 bridgehead atoms. The predicted octanol–water partition coefficient (Wildman–Crippen LogP) is 5.81. The van der Waals surface area contributed by atoms with Gasteiger partial charge in [-0.3, -0.25) is 9.78 Å². The topological polar surface area (TPSA) is 51.2 Å². The Morgan fingerprint density at radius 1 is 1.03 bits per heavy atom. The molecule has 0 aliphatic carbocycles. The van der Waals surface area contributed by atoms with E-state index in [1.807, 2.05) is 43.3 Å². The molecule has 0 spiro atoms. The van der Waals surface area contributed by atoms with Crippen LogP contribution in [0.1, 0.15) is 43.2 Å². The Morgan fingerprint density at radius 3 is 2.38 bits per heavy atom. The molecule has 1 aromatic heterocycles. The normalized spacial score (nSPS) is 11.2. The van der Waals surface area contributed by atoms with Crippen LogP contribution < -0.4 is 10.1 Å². The van der Waals surface area contributed by atoms with E-state index < -0.39 is 0 Å². The maximum Gasteiger partial charge on any atom is 0.211 e. The number of benzene rings is 2. The van der Waals surface area contributed by atoms with E-state index in [9.17, 15) is 4.79 Å². The zero-order chi connectivity index (χ0) is 21.0. The van der Waals surface area contributed by atoms with Gasteiger partial charge in [0.15, 0.2) is 0 Å². The molecule has 0 unspecified atom stereocenters. The second-order valence-electron chi connectivity index (χ2n) is 8.28. The lowest BCUT2D eigenvalue weighted by Crippen LogP contribution is -2.11. The number of nitrogens with one attached hydrogen (secondary N) is 1. The SMILES string of the molecule is Cc1cc(C(C)(C)C)ccc1-c1cc(OCc2ccccc2)c(NC=O)c(C)n1. The smallest absolute Gasteiger partial charge is 0.211 e. The van der Waals surface area contributed by atoms with E-state index in [2.05, 4.69) is 51.2 Å². The molecule has 150 valence electrons. The fraction of sp³-hybridized carbons (Fsp3) is 0.280. The minimum Gasteiger partial charge on any atom is -0.487 e. The van der Waals surface area contributed by atoms with Crippen LogP contribution in [0.2, 0.25) is 0 Å². The van der Waals surface area contributed by atoms with E-state index in [-0.39, 0.29) is 5.41 Å². The van der Waals surface area contributed by atoms with Crippen molar-refractivity contribution in [2.24, 2.45) is 0 Å². The van der Waals surface area contributed by atoms with Crippen LogP contribution >= 0.6 is 0 Å². The van der Waals surface area contributed by atoms with Gasteiger partial charge in [0.25, 0.3) is 0 Å². The van der Waals surface area contributed by atoms with Crippen molar-refractivity contribution in [3.8, 4) is 17.0 Å². The first-order valence-electron chi connectivity index (χ1n) is 9.79. The predicted molar refractivity (Wildman–Crippen MR) is 118 cm³/mol. The summed E-state index contributed by atoms with van der Waals surface area (Å²) in [6.45, 7) is 11.0. The van der Waals surface area contributed by atoms with Crippen molar-refractivity contribution in [2.45, 2.75) is 46.6 Å². The molecular weight excluding hydrogens is 360 g/mol. The highest BCUT2D eigenvalue weighted by Gasteiger charge is 2.17. The minimum atomic E-state index is 0.0916. The zero-order valence-electron chi connectivity index (χ0n) is 17.7. The summed E-state index contributed by atoms with van der Waals surface area (Å²) in [4.78, 5) is 15.8. The first-order valence-corrected chi connectivity index (χ1v) is 9.79. The number of carbonyl (C=O) groups is 1. The number of hydrogen-bond donors (Lipinski definition) is 1. The Balaban J connectivity index is 2.00. The summed E-state index contributed by atoms with van der Waals surface area (Å²) >= 11 is 0. The third kappa shape index (κ3) is 4.83. The summed E-state index contributed by atoms with van der Waals surface area (Å²) in [7, 11) is 0. The molecule has 0 saturated carbocycles. The molecule has 0 aliphatic heterocycles. The number of aryl methyl sites for hydroxylation is 2. The molecule has 4 heteroatoms. The molecule has 29 heavy (non-hydrogen) atoms. The summed E-state index contributed by atoms with van der Waals surface area (Å²) in [6, 6.07) is 18.3. The average Bonchev–Trinajstić information content (AvgIpc) is 2.68. The van der Waals surface area contributed by atoms with Gasteiger partial charge in [0, 0.05) is 11.6 Å². The number of nitrogens with zero attached hydrogens (tertiary/aromatic N) is 1. The van der Waals surface area contributed by atoms with Gasteiger partial charge in [-0.15, -0.1) is 0 Å². The lowest BCUT2D eigenvalue weighted by atomic mass is 9.85. The number of rotatable bonds is 6. The number of hydrogen-bond acceptors (Lipinski definition) is 3. The summed E-state index contributed by atoms with van der Waals surface area (Å²) in [5, 5.41) is 2.73. The van der Waals surface area contributed by atoms with Crippen molar-refractivity contribution >= 4 is 12.1 Å². The van der Waals surface area contributed by atoms with Crippen LogP contribution in [0.25, 0.3) is 11.3 Å². The lowest BCUT2D eigenvalue weighted by molar-refractivity contribution is -0.105. The molecule has 1 N–H and O–H groups in total. The van der Waals surface area contributed by atoms with Crippen LogP contribution in [0, 0.1) is 13.8 Å². The first kappa shape index (κ1) is 20.6. The number of carbonyl (C=O) groups excluding carboxylic acids is 1. The molecule has 0 fully saturated rings. The highest BCUT2D eigenvalue weighted by Crippen LogP contribution is 2.35. The number of amides is 1. The van der Waals surface area contributed by atoms with Crippen molar-refractivity contribution in [1.82, 2.24) is 4.98 Å². The Kier molecular flexibility index (Phi) is 6.02. The molecule has 3 rings (SSSR count).